The zero-order valence-corrected chi connectivity index (χ0v) is 10.9. The highest BCUT2D eigenvalue weighted by molar-refractivity contribution is 6.30. The number of nitriles is 2. The van der Waals surface area contributed by atoms with Crippen molar-refractivity contribution in [2.45, 2.75) is 13.8 Å². The lowest BCUT2D eigenvalue weighted by Gasteiger charge is -2.14. The quantitative estimate of drug-likeness (QED) is 0.830. The fraction of sp³-hybridized carbons (Fsp3) is 0.333. The van der Waals surface area contributed by atoms with Gasteiger partial charge >= 0.3 is 0 Å². The molecular weight excluding hydrogens is 250 g/mol. The average Bonchev–Trinajstić information content (AvgIpc) is 2.40. The summed E-state index contributed by atoms with van der Waals surface area (Å²) in [6.07, 6.45) is 3.52. The summed E-state index contributed by atoms with van der Waals surface area (Å²) in [5.41, 5.74) is 0.322. The van der Waals surface area contributed by atoms with E-state index in [1.807, 2.05) is 31.0 Å². The molecule has 0 spiro atoms. The van der Waals surface area contributed by atoms with Crippen molar-refractivity contribution in [2.24, 2.45) is 0 Å². The van der Waals surface area contributed by atoms with Crippen LogP contribution in [0.15, 0.2) is 6.20 Å². The topological polar surface area (TPSA) is 76.6 Å². The van der Waals surface area contributed by atoms with Crippen LogP contribution in [0.3, 0.4) is 0 Å². The van der Waals surface area contributed by atoms with Crippen LogP contribution in [0, 0.1) is 22.7 Å². The minimum Gasteiger partial charge on any atom is -0.378 e. The Balaban J connectivity index is 3.12. The summed E-state index contributed by atoms with van der Waals surface area (Å²) < 4.78 is 0. The van der Waals surface area contributed by atoms with Gasteiger partial charge in [0.2, 0.25) is 0 Å². The maximum absolute atomic E-state index is 8.85. The molecule has 1 heterocycles. The van der Waals surface area contributed by atoms with Crippen LogP contribution in [0.2, 0.25) is 5.15 Å². The number of aromatic nitrogens is 2. The number of nitrogens with zero attached hydrogens (tertiary/aromatic N) is 5. The van der Waals surface area contributed by atoms with Gasteiger partial charge < -0.3 is 4.90 Å². The Morgan fingerprint density at radius 1 is 1.17 bits per heavy atom. The molecule has 0 aliphatic rings. The van der Waals surface area contributed by atoms with Gasteiger partial charge in [0, 0.05) is 19.3 Å². The van der Waals surface area contributed by atoms with Gasteiger partial charge in [-0.3, -0.25) is 0 Å². The van der Waals surface area contributed by atoms with Crippen molar-refractivity contribution in [3.05, 3.63) is 28.4 Å². The van der Waals surface area contributed by atoms with Crippen LogP contribution in [-0.4, -0.2) is 28.0 Å². The Labute approximate surface area is 111 Å². The van der Waals surface area contributed by atoms with E-state index in [9.17, 15) is 0 Å². The summed E-state index contributed by atoms with van der Waals surface area (Å²) in [6.45, 7) is 5.78. The number of hydrogen-bond acceptors (Lipinski definition) is 5. The molecule has 5 nitrogen and oxygen atoms in total. The lowest BCUT2D eigenvalue weighted by Crippen LogP contribution is -2.15. The number of halogens is 1. The second-order valence-electron chi connectivity index (χ2n) is 3.36. The summed E-state index contributed by atoms with van der Waals surface area (Å²) in [5, 5.41) is 17.7. The summed E-state index contributed by atoms with van der Waals surface area (Å²) in [7, 11) is 0. The van der Waals surface area contributed by atoms with Gasteiger partial charge in [-0.25, -0.2) is 9.97 Å². The van der Waals surface area contributed by atoms with Gasteiger partial charge in [0.25, 0.3) is 0 Å². The van der Waals surface area contributed by atoms with E-state index in [-0.39, 0.29) is 16.5 Å². The fourth-order valence-electron chi connectivity index (χ4n) is 1.30. The van der Waals surface area contributed by atoms with Crippen LogP contribution >= 0.6 is 11.6 Å². The number of rotatable bonds is 4. The lowest BCUT2D eigenvalue weighted by molar-refractivity contribution is 0.421. The monoisotopic (exact) mass is 261 g/mol. The molecule has 0 saturated carbocycles. The first-order chi connectivity index (χ1) is 8.65. The Bertz CT molecular complexity index is 535. The molecular formula is C12H12ClN5. The highest BCUT2D eigenvalue weighted by Gasteiger charge is 2.10. The largest absolute Gasteiger partial charge is 0.378 e. The summed E-state index contributed by atoms with van der Waals surface area (Å²) in [4.78, 5) is 9.90. The van der Waals surface area contributed by atoms with Gasteiger partial charge in [0.05, 0.1) is 0 Å². The van der Waals surface area contributed by atoms with Crippen LogP contribution in [0.4, 0.5) is 0 Å². The van der Waals surface area contributed by atoms with Crippen molar-refractivity contribution in [1.82, 2.24) is 14.9 Å². The van der Waals surface area contributed by atoms with E-state index in [0.29, 0.717) is 5.69 Å². The van der Waals surface area contributed by atoms with Crippen LogP contribution in [0.5, 0.6) is 0 Å². The average molecular weight is 262 g/mol. The SMILES string of the molecule is CCN(C=Cc1nc(C#N)c(C#N)nc1Cl)CC. The van der Waals surface area contributed by atoms with E-state index in [1.54, 1.807) is 12.1 Å². The van der Waals surface area contributed by atoms with Gasteiger partial charge in [-0.05, 0) is 19.9 Å². The van der Waals surface area contributed by atoms with Gasteiger partial charge in [-0.15, -0.1) is 0 Å². The van der Waals surface area contributed by atoms with E-state index in [4.69, 9.17) is 22.1 Å². The Morgan fingerprint density at radius 3 is 2.22 bits per heavy atom. The molecule has 0 bridgehead atoms. The van der Waals surface area contributed by atoms with Crippen LogP contribution in [0.25, 0.3) is 6.08 Å². The third-order valence-corrected chi connectivity index (χ3v) is 2.62. The van der Waals surface area contributed by atoms with Crippen molar-refractivity contribution in [2.75, 3.05) is 13.1 Å². The van der Waals surface area contributed by atoms with E-state index < -0.39 is 0 Å². The van der Waals surface area contributed by atoms with Crippen LogP contribution in [-0.2, 0) is 0 Å². The van der Waals surface area contributed by atoms with Crippen molar-refractivity contribution >= 4 is 17.7 Å². The van der Waals surface area contributed by atoms with E-state index in [2.05, 4.69) is 9.97 Å². The molecule has 0 aliphatic heterocycles. The zero-order valence-electron chi connectivity index (χ0n) is 10.2. The molecule has 1 aromatic heterocycles. The predicted octanol–water partition coefficient (Wildman–Crippen LogP) is 2.19. The van der Waals surface area contributed by atoms with Crippen molar-refractivity contribution in [1.29, 1.82) is 10.5 Å². The van der Waals surface area contributed by atoms with Crippen molar-refractivity contribution in [3.63, 3.8) is 0 Å². The normalized spacial score (nSPS) is 10.1. The molecule has 0 radical (unpaired) electrons. The molecule has 0 aromatic carbocycles. The van der Waals surface area contributed by atoms with Gasteiger partial charge in [0.15, 0.2) is 16.5 Å². The minimum atomic E-state index is -0.0533. The van der Waals surface area contributed by atoms with Gasteiger partial charge in [-0.2, -0.15) is 10.5 Å². The molecule has 92 valence electrons. The maximum atomic E-state index is 8.85. The first-order valence-corrected chi connectivity index (χ1v) is 5.84. The minimum absolute atomic E-state index is 0.0129. The molecule has 0 N–H and O–H groups in total. The smallest absolute Gasteiger partial charge is 0.178 e. The molecule has 1 aromatic rings. The first kappa shape index (κ1) is 14.0. The van der Waals surface area contributed by atoms with E-state index in [0.717, 1.165) is 13.1 Å². The molecule has 0 atom stereocenters. The summed E-state index contributed by atoms with van der Waals surface area (Å²) in [6, 6.07) is 3.61. The second kappa shape index (κ2) is 6.58. The molecule has 18 heavy (non-hydrogen) atoms. The molecule has 0 amide bonds. The molecule has 6 heteroatoms. The third-order valence-electron chi connectivity index (χ3n) is 2.35. The molecule has 0 aliphatic carbocycles. The lowest BCUT2D eigenvalue weighted by atomic mass is 10.3. The summed E-state index contributed by atoms with van der Waals surface area (Å²) in [5.74, 6) is 0. The Kier molecular flexibility index (Phi) is 5.10. The highest BCUT2D eigenvalue weighted by Crippen LogP contribution is 2.15. The van der Waals surface area contributed by atoms with E-state index in [1.165, 1.54) is 0 Å². The molecule has 0 unspecified atom stereocenters. The fourth-order valence-corrected chi connectivity index (χ4v) is 1.49. The second-order valence-corrected chi connectivity index (χ2v) is 3.72. The van der Waals surface area contributed by atoms with Crippen molar-refractivity contribution in [3.8, 4) is 12.1 Å². The standard InChI is InChI=1S/C12H12ClN5/c1-3-18(4-2)6-5-9-12(13)17-11(8-15)10(7-14)16-9/h5-6H,3-4H2,1-2H3. The van der Waals surface area contributed by atoms with E-state index >= 15 is 0 Å². The maximum Gasteiger partial charge on any atom is 0.178 e. The molecule has 0 saturated heterocycles. The van der Waals surface area contributed by atoms with Crippen LogP contribution in [0.1, 0.15) is 30.9 Å². The van der Waals surface area contributed by atoms with Gasteiger partial charge in [-0.1, -0.05) is 11.6 Å². The predicted molar refractivity (Wildman–Crippen MR) is 68.4 cm³/mol. The number of hydrogen-bond donors (Lipinski definition) is 0. The first-order valence-electron chi connectivity index (χ1n) is 5.46. The van der Waals surface area contributed by atoms with Gasteiger partial charge in [0.1, 0.15) is 17.8 Å². The zero-order chi connectivity index (χ0) is 13.5. The third kappa shape index (κ3) is 3.19. The highest BCUT2D eigenvalue weighted by atomic mass is 35.5. The molecule has 0 fully saturated rings. The van der Waals surface area contributed by atoms with Crippen molar-refractivity contribution < 1.29 is 0 Å². The Hall–Kier alpha value is -2.11. The van der Waals surface area contributed by atoms with Crippen LogP contribution < -0.4 is 0 Å². The Morgan fingerprint density at radius 2 is 1.72 bits per heavy atom. The summed E-state index contributed by atoms with van der Waals surface area (Å²) >= 11 is 5.90. The molecule has 1 rings (SSSR count).